The lowest BCUT2D eigenvalue weighted by Gasteiger charge is -2.29. The minimum atomic E-state index is -0.535. The molecule has 2 amide bonds. The summed E-state index contributed by atoms with van der Waals surface area (Å²) in [4.78, 5) is 30.5. The van der Waals surface area contributed by atoms with Crippen LogP contribution in [0.3, 0.4) is 0 Å². The smallest absolute Gasteiger partial charge is 0.243 e. The van der Waals surface area contributed by atoms with Crippen molar-refractivity contribution in [2.75, 3.05) is 26.7 Å². The van der Waals surface area contributed by atoms with Crippen molar-refractivity contribution in [3.63, 3.8) is 0 Å². The average molecular weight is 743 g/mol. The maximum atomic E-state index is 12.4. The third kappa shape index (κ3) is 9.22. The van der Waals surface area contributed by atoms with E-state index in [0.717, 1.165) is 41.8 Å². The largest absolute Gasteiger partial charge is 0.492 e. The molecular formula is C40H41Cl2N5O5. The molecular weight excluding hydrogens is 701 g/mol. The van der Waals surface area contributed by atoms with E-state index < -0.39 is 6.04 Å². The second-order valence-electron chi connectivity index (χ2n) is 13.3. The van der Waals surface area contributed by atoms with Crippen LogP contribution in [-0.2, 0) is 29.3 Å². The number of halogens is 2. The zero-order valence-electron chi connectivity index (χ0n) is 29.2. The maximum Gasteiger partial charge on any atom is 0.243 e. The van der Waals surface area contributed by atoms with Crippen LogP contribution in [0.2, 0.25) is 10.0 Å². The van der Waals surface area contributed by atoms with Crippen LogP contribution in [0.4, 0.5) is 0 Å². The first-order chi connectivity index (χ1) is 25.2. The highest BCUT2D eigenvalue weighted by molar-refractivity contribution is 6.35. The van der Waals surface area contributed by atoms with E-state index in [1.807, 2.05) is 43.3 Å². The number of nitrogens with one attached hydrogen (secondary N) is 2. The van der Waals surface area contributed by atoms with Crippen LogP contribution in [0.15, 0.2) is 67.0 Å². The van der Waals surface area contributed by atoms with Gasteiger partial charge in [0.1, 0.15) is 36.5 Å². The molecule has 1 aromatic heterocycles. The summed E-state index contributed by atoms with van der Waals surface area (Å²) in [6, 6.07) is 18.7. The van der Waals surface area contributed by atoms with Crippen LogP contribution in [0.1, 0.15) is 53.5 Å². The fourth-order valence-electron chi connectivity index (χ4n) is 6.60. The van der Waals surface area contributed by atoms with Crippen molar-refractivity contribution >= 4 is 35.0 Å². The van der Waals surface area contributed by atoms with Gasteiger partial charge in [-0.05, 0) is 74.7 Å². The topological polar surface area (TPSA) is 126 Å². The summed E-state index contributed by atoms with van der Waals surface area (Å²) in [7, 11) is 2.15. The molecule has 10 nitrogen and oxygen atoms in total. The molecule has 0 saturated carbocycles. The first-order valence-corrected chi connectivity index (χ1v) is 18.1. The first kappa shape index (κ1) is 37.1. The molecule has 270 valence electrons. The number of benzene rings is 3. The average Bonchev–Trinajstić information content (AvgIpc) is 3.14. The number of carbonyl (C=O) groups excluding carboxylic acids is 2. The Morgan fingerprint density at radius 1 is 0.962 bits per heavy atom. The molecule has 52 heavy (non-hydrogen) atoms. The van der Waals surface area contributed by atoms with Crippen molar-refractivity contribution in [1.82, 2.24) is 20.5 Å². The third-order valence-corrected chi connectivity index (χ3v) is 10.2. The van der Waals surface area contributed by atoms with Crippen LogP contribution >= 0.6 is 23.2 Å². The van der Waals surface area contributed by atoms with E-state index in [9.17, 15) is 14.9 Å². The molecule has 12 heteroatoms. The number of rotatable bonds is 13. The molecule has 4 aromatic rings. The van der Waals surface area contributed by atoms with Gasteiger partial charge >= 0.3 is 0 Å². The molecule has 3 aromatic carbocycles. The number of carbonyl (C=O) groups is 2. The molecule has 6 rings (SSSR count). The minimum Gasteiger partial charge on any atom is -0.492 e. The van der Waals surface area contributed by atoms with E-state index in [2.05, 4.69) is 33.6 Å². The van der Waals surface area contributed by atoms with Crippen molar-refractivity contribution in [2.24, 2.45) is 5.92 Å². The number of pyridine rings is 1. The van der Waals surface area contributed by atoms with Gasteiger partial charge in [0, 0.05) is 60.6 Å². The maximum absolute atomic E-state index is 12.4. The van der Waals surface area contributed by atoms with Gasteiger partial charge < -0.3 is 24.4 Å². The Balaban J connectivity index is 1.19. The van der Waals surface area contributed by atoms with Gasteiger partial charge in [0.2, 0.25) is 11.8 Å². The molecule has 2 N–H and O–H groups in total. The molecule has 2 aliphatic rings. The molecule has 2 aliphatic heterocycles. The highest BCUT2D eigenvalue weighted by Crippen LogP contribution is 2.39. The molecule has 2 unspecified atom stereocenters. The van der Waals surface area contributed by atoms with Gasteiger partial charge in [-0.3, -0.25) is 19.9 Å². The van der Waals surface area contributed by atoms with Crippen molar-refractivity contribution < 1.29 is 23.8 Å². The van der Waals surface area contributed by atoms with E-state index >= 15 is 0 Å². The summed E-state index contributed by atoms with van der Waals surface area (Å²) in [6.45, 7) is 5.42. The Labute approximate surface area is 314 Å². The van der Waals surface area contributed by atoms with Crippen LogP contribution in [-0.4, -0.2) is 54.5 Å². The fraction of sp³-hybridized carbons (Fsp3) is 0.350. The summed E-state index contributed by atoms with van der Waals surface area (Å²) in [6.07, 6.45) is 6.09. The standard InChI is InChI=1S/C40H41Cl2N5O5/c1-25-29(7-3-8-31(25)32-9-4-10-35(39(32)42)50-22-26-6-5-13-47(2)21-26)24-52-37-16-36(51-23-28-14-27(17-43)18-44-19-28)30(15-33(37)41)20-45-34-11-12-38(48)46-40(34)49/h3-4,7-10,14-16,18-19,26,34,45H,5-6,11-13,20-24H2,1-2H3,(H,46,48,49). The van der Waals surface area contributed by atoms with Gasteiger partial charge in [0.25, 0.3) is 0 Å². The van der Waals surface area contributed by atoms with Crippen LogP contribution in [0.25, 0.3) is 11.1 Å². The van der Waals surface area contributed by atoms with Crippen molar-refractivity contribution in [2.45, 2.75) is 58.4 Å². The summed E-state index contributed by atoms with van der Waals surface area (Å²) in [5.41, 5.74) is 5.65. The summed E-state index contributed by atoms with van der Waals surface area (Å²) in [5, 5.41) is 15.8. The molecule has 2 fully saturated rings. The predicted molar refractivity (Wildman–Crippen MR) is 199 cm³/mol. The number of piperidine rings is 2. The zero-order chi connectivity index (χ0) is 36.6. The lowest BCUT2D eigenvalue weighted by atomic mass is 9.96. The minimum absolute atomic E-state index is 0.136. The number of nitriles is 1. The molecule has 0 bridgehead atoms. The molecule has 2 atom stereocenters. The van der Waals surface area contributed by atoms with E-state index in [-0.39, 0.29) is 38.0 Å². The third-order valence-electron chi connectivity index (χ3n) is 9.49. The highest BCUT2D eigenvalue weighted by atomic mass is 35.5. The second kappa shape index (κ2) is 17.2. The van der Waals surface area contributed by atoms with Gasteiger partial charge in [-0.1, -0.05) is 53.5 Å². The quantitative estimate of drug-likeness (QED) is 0.139. The predicted octanol–water partition coefficient (Wildman–Crippen LogP) is 7.01. The Kier molecular flexibility index (Phi) is 12.3. The number of amides is 2. The molecule has 3 heterocycles. The monoisotopic (exact) mass is 741 g/mol. The van der Waals surface area contributed by atoms with E-state index in [4.69, 9.17) is 37.4 Å². The van der Waals surface area contributed by atoms with Gasteiger partial charge in [0.05, 0.1) is 28.3 Å². The van der Waals surface area contributed by atoms with Crippen LogP contribution in [0.5, 0.6) is 17.2 Å². The van der Waals surface area contributed by atoms with Crippen LogP contribution < -0.4 is 24.8 Å². The summed E-state index contributed by atoms with van der Waals surface area (Å²) in [5.74, 6) is 1.40. The van der Waals surface area contributed by atoms with Gasteiger partial charge in [-0.2, -0.15) is 5.26 Å². The van der Waals surface area contributed by atoms with Gasteiger partial charge in [0.15, 0.2) is 0 Å². The van der Waals surface area contributed by atoms with Crippen molar-refractivity contribution in [1.29, 1.82) is 5.26 Å². The SMILES string of the molecule is Cc1c(COc2cc(OCc3cncc(C#N)c3)c(CNC3CCC(=O)NC3=O)cc2Cl)cccc1-c1cccc(OCC2CCCN(C)C2)c1Cl. The molecule has 0 spiro atoms. The number of hydrogen-bond acceptors (Lipinski definition) is 9. The number of aromatic nitrogens is 1. The van der Waals surface area contributed by atoms with Gasteiger partial charge in [-0.15, -0.1) is 0 Å². The Bertz CT molecular complexity index is 1980. The summed E-state index contributed by atoms with van der Waals surface area (Å²) < 4.78 is 18.8. The zero-order valence-corrected chi connectivity index (χ0v) is 30.7. The molecule has 0 radical (unpaired) electrons. The number of ether oxygens (including phenoxy) is 3. The first-order valence-electron chi connectivity index (χ1n) is 17.4. The molecule has 0 aliphatic carbocycles. The lowest BCUT2D eigenvalue weighted by molar-refractivity contribution is -0.134. The van der Waals surface area contributed by atoms with Crippen LogP contribution in [0, 0.1) is 24.2 Å². The fourth-order valence-corrected chi connectivity index (χ4v) is 7.13. The number of hydrogen-bond donors (Lipinski definition) is 2. The summed E-state index contributed by atoms with van der Waals surface area (Å²) >= 11 is 13.7. The molecule has 2 saturated heterocycles. The van der Waals surface area contributed by atoms with E-state index in [1.165, 1.54) is 12.6 Å². The Morgan fingerprint density at radius 3 is 2.58 bits per heavy atom. The Morgan fingerprint density at radius 2 is 1.77 bits per heavy atom. The van der Waals surface area contributed by atoms with Crippen molar-refractivity contribution in [3.8, 4) is 34.4 Å². The van der Waals surface area contributed by atoms with Gasteiger partial charge in [-0.25, -0.2) is 0 Å². The Hall–Kier alpha value is -4.66. The highest BCUT2D eigenvalue weighted by Gasteiger charge is 2.26. The van der Waals surface area contributed by atoms with E-state index in [1.54, 1.807) is 24.4 Å². The lowest BCUT2D eigenvalue weighted by Crippen LogP contribution is -2.50. The number of nitrogens with zero attached hydrogens (tertiary/aromatic N) is 3. The number of likely N-dealkylation sites (tertiary alicyclic amines) is 1. The normalized spacial score (nSPS) is 17.7. The van der Waals surface area contributed by atoms with E-state index in [0.29, 0.717) is 62.9 Å². The number of imide groups is 1. The van der Waals surface area contributed by atoms with Crippen molar-refractivity contribution in [3.05, 3.63) is 105 Å². The second-order valence-corrected chi connectivity index (χ2v) is 14.1.